The number of benzene rings is 1. The topological polar surface area (TPSA) is 70.7 Å². The van der Waals surface area contributed by atoms with Gasteiger partial charge in [-0.05, 0) is 42.2 Å². The van der Waals surface area contributed by atoms with Crippen LogP contribution in [0.5, 0.6) is 0 Å². The first-order valence-corrected chi connectivity index (χ1v) is 7.42. The Kier molecular flexibility index (Phi) is 4.19. The van der Waals surface area contributed by atoms with E-state index in [1.807, 2.05) is 18.2 Å². The molecule has 3 rings (SSSR count). The molecule has 1 atom stereocenters. The van der Waals surface area contributed by atoms with Gasteiger partial charge >= 0.3 is 0 Å². The minimum absolute atomic E-state index is 0.248. The highest BCUT2D eigenvalue weighted by atomic mass is 16.2. The summed E-state index contributed by atoms with van der Waals surface area (Å²) >= 11 is 0. The van der Waals surface area contributed by atoms with Crippen molar-refractivity contribution < 1.29 is 4.79 Å². The molecule has 0 fully saturated rings. The third kappa shape index (κ3) is 3.29. The van der Waals surface area contributed by atoms with Gasteiger partial charge in [-0.2, -0.15) is 0 Å². The molecule has 0 bridgehead atoms. The Labute approximate surface area is 134 Å². The van der Waals surface area contributed by atoms with Gasteiger partial charge in [0.05, 0.1) is 6.04 Å². The fourth-order valence-corrected chi connectivity index (χ4v) is 2.44. The van der Waals surface area contributed by atoms with Crippen molar-refractivity contribution in [1.82, 2.24) is 20.3 Å². The van der Waals surface area contributed by atoms with Gasteiger partial charge in [-0.3, -0.25) is 9.78 Å². The van der Waals surface area contributed by atoms with Crippen LogP contribution in [0.1, 0.15) is 38.9 Å². The third-order valence-corrected chi connectivity index (χ3v) is 3.87. The molecule has 0 aliphatic rings. The van der Waals surface area contributed by atoms with Crippen molar-refractivity contribution in [3.05, 3.63) is 83.2 Å². The summed E-state index contributed by atoms with van der Waals surface area (Å²) in [6.07, 6.45) is 6.67. The second-order valence-corrected chi connectivity index (χ2v) is 5.47. The summed E-state index contributed by atoms with van der Waals surface area (Å²) in [6.45, 7) is 4.13. The second kappa shape index (κ2) is 6.44. The van der Waals surface area contributed by atoms with Crippen LogP contribution in [0, 0.1) is 13.8 Å². The van der Waals surface area contributed by atoms with Crippen molar-refractivity contribution in [3.63, 3.8) is 0 Å². The predicted octanol–water partition coefficient (Wildman–Crippen LogP) is 2.94. The number of rotatable bonds is 4. The van der Waals surface area contributed by atoms with Crippen molar-refractivity contribution in [2.24, 2.45) is 0 Å². The van der Waals surface area contributed by atoms with Crippen LogP contribution in [0.15, 0.2) is 55.1 Å². The third-order valence-electron chi connectivity index (χ3n) is 3.87. The van der Waals surface area contributed by atoms with Gasteiger partial charge in [0.15, 0.2) is 5.82 Å². The molecule has 0 saturated carbocycles. The Hall–Kier alpha value is -2.95. The molecule has 116 valence electrons. The van der Waals surface area contributed by atoms with Gasteiger partial charge in [-0.15, -0.1) is 0 Å². The SMILES string of the molecule is Cc1ccc([C@H](NC(=O)c2ncc[nH]2)c2cccnc2)cc1C. The lowest BCUT2D eigenvalue weighted by Crippen LogP contribution is -2.30. The maximum Gasteiger partial charge on any atom is 0.287 e. The minimum Gasteiger partial charge on any atom is -0.341 e. The Morgan fingerprint density at radius 3 is 2.65 bits per heavy atom. The number of imidazole rings is 1. The molecule has 0 radical (unpaired) electrons. The van der Waals surface area contributed by atoms with Crippen molar-refractivity contribution in [3.8, 4) is 0 Å². The molecule has 0 aliphatic heterocycles. The normalized spacial score (nSPS) is 11.9. The molecule has 1 amide bonds. The van der Waals surface area contributed by atoms with Gasteiger partial charge < -0.3 is 10.3 Å². The Bertz CT molecular complexity index is 797. The molecule has 3 aromatic rings. The van der Waals surface area contributed by atoms with Crippen molar-refractivity contribution >= 4 is 5.91 Å². The molecule has 23 heavy (non-hydrogen) atoms. The highest BCUT2D eigenvalue weighted by Crippen LogP contribution is 2.23. The first-order chi connectivity index (χ1) is 11.1. The summed E-state index contributed by atoms with van der Waals surface area (Å²) in [6, 6.07) is 9.73. The summed E-state index contributed by atoms with van der Waals surface area (Å²) in [5, 5.41) is 3.03. The average molecular weight is 306 g/mol. The average Bonchev–Trinajstić information content (AvgIpc) is 3.10. The number of nitrogens with zero attached hydrogens (tertiary/aromatic N) is 2. The number of hydrogen-bond acceptors (Lipinski definition) is 3. The monoisotopic (exact) mass is 306 g/mol. The van der Waals surface area contributed by atoms with E-state index in [9.17, 15) is 4.79 Å². The van der Waals surface area contributed by atoms with Crippen LogP contribution in [-0.4, -0.2) is 20.9 Å². The predicted molar refractivity (Wildman–Crippen MR) is 88.0 cm³/mol. The maximum atomic E-state index is 12.4. The summed E-state index contributed by atoms with van der Waals surface area (Å²) in [5.41, 5.74) is 4.34. The summed E-state index contributed by atoms with van der Waals surface area (Å²) in [4.78, 5) is 23.4. The highest BCUT2D eigenvalue weighted by Gasteiger charge is 2.19. The fourth-order valence-electron chi connectivity index (χ4n) is 2.44. The van der Waals surface area contributed by atoms with Crippen LogP contribution in [0.2, 0.25) is 0 Å². The molecular formula is C18H18N4O. The van der Waals surface area contributed by atoms with Gasteiger partial charge in [0.2, 0.25) is 0 Å². The molecule has 0 unspecified atom stereocenters. The number of pyridine rings is 1. The van der Waals surface area contributed by atoms with Crippen molar-refractivity contribution in [1.29, 1.82) is 0 Å². The van der Waals surface area contributed by atoms with Crippen molar-refractivity contribution in [2.45, 2.75) is 19.9 Å². The zero-order valence-corrected chi connectivity index (χ0v) is 13.1. The van der Waals surface area contributed by atoms with Gasteiger partial charge in [0.1, 0.15) is 0 Å². The smallest absolute Gasteiger partial charge is 0.287 e. The molecule has 0 spiro atoms. The molecule has 1 aromatic carbocycles. The highest BCUT2D eigenvalue weighted by molar-refractivity contribution is 5.91. The zero-order valence-electron chi connectivity index (χ0n) is 13.1. The molecule has 2 N–H and O–H groups in total. The maximum absolute atomic E-state index is 12.4. The van der Waals surface area contributed by atoms with E-state index in [0.29, 0.717) is 5.82 Å². The van der Waals surface area contributed by atoms with Crippen LogP contribution in [0.4, 0.5) is 0 Å². The summed E-state index contributed by atoms with van der Waals surface area (Å²) in [5.74, 6) is 0.0461. The van der Waals surface area contributed by atoms with Crippen LogP contribution in [0.3, 0.4) is 0 Å². The fraction of sp³-hybridized carbons (Fsp3) is 0.167. The van der Waals surface area contributed by atoms with Gasteiger partial charge in [0, 0.05) is 24.8 Å². The van der Waals surface area contributed by atoms with E-state index in [4.69, 9.17) is 0 Å². The standard InChI is InChI=1S/C18H18N4O/c1-12-5-6-14(10-13(12)2)16(15-4-3-7-19-11-15)22-18(23)17-20-8-9-21-17/h3-11,16H,1-2H3,(H,20,21)(H,22,23)/t16-/m0/s1. The molecule has 5 nitrogen and oxygen atoms in total. The summed E-state index contributed by atoms with van der Waals surface area (Å²) in [7, 11) is 0. The van der Waals surface area contributed by atoms with E-state index in [2.05, 4.69) is 46.2 Å². The minimum atomic E-state index is -0.277. The number of carbonyl (C=O) groups is 1. The van der Waals surface area contributed by atoms with Gasteiger partial charge in [-0.1, -0.05) is 24.3 Å². The van der Waals surface area contributed by atoms with E-state index in [1.165, 1.54) is 11.1 Å². The zero-order chi connectivity index (χ0) is 16.2. The number of H-pyrrole nitrogens is 1. The Morgan fingerprint density at radius 1 is 1.13 bits per heavy atom. The molecule has 5 heteroatoms. The molecule has 0 saturated heterocycles. The van der Waals surface area contributed by atoms with Crippen LogP contribution >= 0.6 is 0 Å². The largest absolute Gasteiger partial charge is 0.341 e. The Balaban J connectivity index is 1.97. The molecule has 0 aliphatic carbocycles. The second-order valence-electron chi connectivity index (χ2n) is 5.47. The van der Waals surface area contributed by atoms with E-state index in [-0.39, 0.29) is 11.9 Å². The van der Waals surface area contributed by atoms with E-state index in [0.717, 1.165) is 11.1 Å². The first kappa shape index (κ1) is 15.0. The number of amides is 1. The summed E-state index contributed by atoms with van der Waals surface area (Å²) < 4.78 is 0. The molecule has 2 aromatic heterocycles. The van der Waals surface area contributed by atoms with Crippen LogP contribution in [-0.2, 0) is 0 Å². The van der Waals surface area contributed by atoms with Crippen molar-refractivity contribution in [2.75, 3.05) is 0 Å². The number of carbonyl (C=O) groups excluding carboxylic acids is 1. The van der Waals surface area contributed by atoms with E-state index < -0.39 is 0 Å². The first-order valence-electron chi connectivity index (χ1n) is 7.42. The van der Waals surface area contributed by atoms with Gasteiger partial charge in [0.25, 0.3) is 5.91 Å². The quantitative estimate of drug-likeness (QED) is 0.778. The molecule has 2 heterocycles. The lowest BCUT2D eigenvalue weighted by molar-refractivity contribution is 0.0933. The lowest BCUT2D eigenvalue weighted by Gasteiger charge is -2.20. The van der Waals surface area contributed by atoms with E-state index >= 15 is 0 Å². The van der Waals surface area contributed by atoms with Crippen LogP contribution in [0.25, 0.3) is 0 Å². The lowest BCUT2D eigenvalue weighted by atomic mass is 9.96. The number of aromatic nitrogens is 3. The number of hydrogen-bond donors (Lipinski definition) is 2. The van der Waals surface area contributed by atoms with Gasteiger partial charge in [-0.25, -0.2) is 4.98 Å². The molecular weight excluding hydrogens is 288 g/mol. The van der Waals surface area contributed by atoms with Crippen LogP contribution < -0.4 is 5.32 Å². The Morgan fingerprint density at radius 2 is 2.00 bits per heavy atom. The van der Waals surface area contributed by atoms with E-state index in [1.54, 1.807) is 24.8 Å². The number of nitrogens with one attached hydrogen (secondary N) is 2. The number of aryl methyl sites for hydroxylation is 2. The number of aromatic amines is 1.